The number of rotatable bonds is 1. The molecule has 1 spiro atoms. The molecule has 0 bridgehead atoms. The van der Waals surface area contributed by atoms with E-state index in [9.17, 15) is 0 Å². The first-order valence-electron chi connectivity index (χ1n) is 7.47. The predicted octanol–water partition coefficient (Wildman–Crippen LogP) is 3.27. The second-order valence-electron chi connectivity index (χ2n) is 6.02. The average molecular weight is 272 g/mol. The van der Waals surface area contributed by atoms with Crippen LogP contribution in [0.1, 0.15) is 42.7 Å². The lowest BCUT2D eigenvalue weighted by molar-refractivity contribution is -0.178. The number of nitrogens with one attached hydrogen (secondary N) is 1. The van der Waals surface area contributed by atoms with Crippen molar-refractivity contribution in [1.29, 1.82) is 0 Å². The van der Waals surface area contributed by atoms with Gasteiger partial charge in [0.15, 0.2) is 5.79 Å². The molecular formula is C16H20N2O2. The van der Waals surface area contributed by atoms with Crippen molar-refractivity contribution in [3.8, 4) is 0 Å². The number of aryl methyl sites for hydroxylation is 1. The third kappa shape index (κ3) is 1.95. The molecule has 0 unspecified atom stereocenters. The number of ether oxygens (including phenoxy) is 2. The lowest BCUT2D eigenvalue weighted by Gasteiger charge is -2.35. The smallest absolute Gasteiger partial charge is 0.168 e. The van der Waals surface area contributed by atoms with Crippen LogP contribution in [-0.4, -0.2) is 29.0 Å². The van der Waals surface area contributed by atoms with Crippen molar-refractivity contribution < 1.29 is 9.47 Å². The fourth-order valence-corrected chi connectivity index (χ4v) is 3.55. The Labute approximate surface area is 118 Å². The van der Waals surface area contributed by atoms with Crippen molar-refractivity contribution in [2.75, 3.05) is 13.2 Å². The Bertz CT molecular complexity index is 618. The van der Waals surface area contributed by atoms with Gasteiger partial charge in [-0.2, -0.15) is 0 Å². The fraction of sp³-hybridized carbons (Fsp3) is 0.562. The Morgan fingerprint density at radius 2 is 2.00 bits per heavy atom. The highest BCUT2D eigenvalue weighted by Gasteiger charge is 2.40. The van der Waals surface area contributed by atoms with Crippen molar-refractivity contribution in [2.45, 2.75) is 44.3 Å². The molecule has 1 saturated carbocycles. The summed E-state index contributed by atoms with van der Waals surface area (Å²) in [5, 5.41) is 1.25. The first-order chi connectivity index (χ1) is 9.76. The molecule has 2 aromatic heterocycles. The van der Waals surface area contributed by atoms with Gasteiger partial charge in [0.05, 0.1) is 13.2 Å². The zero-order valence-electron chi connectivity index (χ0n) is 11.8. The normalized spacial score (nSPS) is 22.9. The van der Waals surface area contributed by atoms with Gasteiger partial charge >= 0.3 is 0 Å². The van der Waals surface area contributed by atoms with Crippen LogP contribution in [0.25, 0.3) is 11.0 Å². The Balaban J connectivity index is 1.56. The topological polar surface area (TPSA) is 47.1 Å². The van der Waals surface area contributed by atoms with Crippen LogP contribution in [-0.2, 0) is 9.47 Å². The molecule has 3 heterocycles. The third-order valence-electron chi connectivity index (χ3n) is 4.79. The Hall–Kier alpha value is -1.39. The van der Waals surface area contributed by atoms with Gasteiger partial charge in [-0.15, -0.1) is 0 Å². The van der Waals surface area contributed by atoms with Gasteiger partial charge in [-0.25, -0.2) is 4.98 Å². The van der Waals surface area contributed by atoms with E-state index in [0.29, 0.717) is 5.92 Å². The summed E-state index contributed by atoms with van der Waals surface area (Å²) in [7, 11) is 0. The lowest BCUT2D eigenvalue weighted by Crippen LogP contribution is -2.34. The Kier molecular flexibility index (Phi) is 2.82. The maximum absolute atomic E-state index is 5.80. The first-order valence-corrected chi connectivity index (χ1v) is 7.47. The van der Waals surface area contributed by atoms with E-state index in [1.807, 2.05) is 12.4 Å². The number of pyridine rings is 1. The summed E-state index contributed by atoms with van der Waals surface area (Å²) < 4.78 is 11.6. The zero-order valence-corrected chi connectivity index (χ0v) is 11.8. The number of aromatic amines is 1. The van der Waals surface area contributed by atoms with Crippen molar-refractivity contribution in [3.63, 3.8) is 0 Å². The van der Waals surface area contributed by atoms with E-state index >= 15 is 0 Å². The summed E-state index contributed by atoms with van der Waals surface area (Å²) in [5.74, 6) is 0.317. The summed E-state index contributed by atoms with van der Waals surface area (Å²) in [6.45, 7) is 3.63. The van der Waals surface area contributed by atoms with Crippen LogP contribution in [0, 0.1) is 6.92 Å². The number of fused-ring (bicyclic) bond motifs is 1. The standard InChI is InChI=1S/C16H20N2O2/c1-11-9-17-15-14(11)8-13(10-18-15)12-2-4-16(5-3-12)19-6-7-20-16/h8-10,12H,2-7H2,1H3,(H,17,18). The third-order valence-corrected chi connectivity index (χ3v) is 4.79. The predicted molar refractivity (Wildman–Crippen MR) is 76.7 cm³/mol. The van der Waals surface area contributed by atoms with E-state index in [1.165, 1.54) is 16.5 Å². The van der Waals surface area contributed by atoms with Crippen molar-refractivity contribution in [2.24, 2.45) is 0 Å². The van der Waals surface area contributed by atoms with Crippen LogP contribution in [0.2, 0.25) is 0 Å². The second kappa shape index (κ2) is 4.57. The van der Waals surface area contributed by atoms with Gasteiger partial charge in [0, 0.05) is 30.6 Å². The Morgan fingerprint density at radius 1 is 1.25 bits per heavy atom. The molecule has 2 aromatic rings. The van der Waals surface area contributed by atoms with E-state index in [1.54, 1.807) is 0 Å². The minimum absolute atomic E-state index is 0.266. The fourth-order valence-electron chi connectivity index (χ4n) is 3.55. The molecular weight excluding hydrogens is 252 g/mol. The molecule has 4 rings (SSSR count). The van der Waals surface area contributed by atoms with Crippen molar-refractivity contribution in [3.05, 3.63) is 29.6 Å². The van der Waals surface area contributed by atoms with Crippen LogP contribution in [0.4, 0.5) is 0 Å². The average Bonchev–Trinajstić information content (AvgIpc) is 3.08. The van der Waals surface area contributed by atoms with Crippen LogP contribution in [0.5, 0.6) is 0 Å². The quantitative estimate of drug-likeness (QED) is 0.866. The van der Waals surface area contributed by atoms with Crippen LogP contribution < -0.4 is 0 Å². The largest absolute Gasteiger partial charge is 0.348 e. The van der Waals surface area contributed by atoms with E-state index in [-0.39, 0.29) is 5.79 Å². The summed E-state index contributed by atoms with van der Waals surface area (Å²) in [6, 6.07) is 2.30. The van der Waals surface area contributed by atoms with E-state index in [0.717, 1.165) is 44.5 Å². The summed E-state index contributed by atoms with van der Waals surface area (Å²) in [6.07, 6.45) is 8.30. The molecule has 2 aliphatic rings. The number of hydrogen-bond acceptors (Lipinski definition) is 3. The van der Waals surface area contributed by atoms with Crippen LogP contribution >= 0.6 is 0 Å². The van der Waals surface area contributed by atoms with Gasteiger partial charge in [-0.05, 0) is 42.9 Å². The summed E-state index contributed by atoms with van der Waals surface area (Å²) in [5.41, 5.74) is 3.61. The van der Waals surface area contributed by atoms with Crippen LogP contribution in [0.15, 0.2) is 18.5 Å². The highest BCUT2D eigenvalue weighted by molar-refractivity contribution is 5.79. The zero-order chi connectivity index (χ0) is 13.6. The van der Waals surface area contributed by atoms with Crippen molar-refractivity contribution in [1.82, 2.24) is 9.97 Å². The minimum atomic E-state index is -0.266. The second-order valence-corrected chi connectivity index (χ2v) is 6.02. The summed E-state index contributed by atoms with van der Waals surface area (Å²) in [4.78, 5) is 7.75. The number of aromatic nitrogens is 2. The van der Waals surface area contributed by atoms with Crippen molar-refractivity contribution >= 4 is 11.0 Å². The molecule has 0 radical (unpaired) electrons. The maximum atomic E-state index is 5.80. The van der Waals surface area contributed by atoms with E-state index in [2.05, 4.69) is 23.0 Å². The van der Waals surface area contributed by atoms with Gasteiger partial charge in [-0.1, -0.05) is 0 Å². The highest BCUT2D eigenvalue weighted by atomic mass is 16.7. The molecule has 1 aliphatic carbocycles. The highest BCUT2D eigenvalue weighted by Crippen LogP contribution is 2.42. The molecule has 2 fully saturated rings. The van der Waals surface area contributed by atoms with Gasteiger partial charge in [0.2, 0.25) is 0 Å². The molecule has 106 valence electrons. The van der Waals surface area contributed by atoms with Gasteiger partial charge in [0.25, 0.3) is 0 Å². The van der Waals surface area contributed by atoms with Gasteiger partial charge in [-0.3, -0.25) is 0 Å². The van der Waals surface area contributed by atoms with Crippen LogP contribution in [0.3, 0.4) is 0 Å². The number of H-pyrrole nitrogens is 1. The first kappa shape index (κ1) is 12.4. The summed E-state index contributed by atoms with van der Waals surface area (Å²) >= 11 is 0. The molecule has 4 heteroatoms. The monoisotopic (exact) mass is 272 g/mol. The molecule has 0 amide bonds. The number of nitrogens with zero attached hydrogens (tertiary/aromatic N) is 1. The molecule has 1 N–H and O–H groups in total. The van der Waals surface area contributed by atoms with E-state index in [4.69, 9.17) is 9.47 Å². The number of hydrogen-bond donors (Lipinski definition) is 1. The van der Waals surface area contributed by atoms with Gasteiger partial charge in [0.1, 0.15) is 5.65 Å². The minimum Gasteiger partial charge on any atom is -0.348 e. The molecule has 1 aliphatic heterocycles. The molecule has 1 saturated heterocycles. The maximum Gasteiger partial charge on any atom is 0.168 e. The lowest BCUT2D eigenvalue weighted by atomic mass is 9.81. The van der Waals surface area contributed by atoms with E-state index < -0.39 is 0 Å². The molecule has 0 aromatic carbocycles. The molecule has 4 nitrogen and oxygen atoms in total. The molecule has 0 atom stereocenters. The van der Waals surface area contributed by atoms with Gasteiger partial charge < -0.3 is 14.5 Å². The molecule has 20 heavy (non-hydrogen) atoms. The SMILES string of the molecule is Cc1c[nH]c2ncc(C3CCC4(CC3)OCCO4)cc12. The Morgan fingerprint density at radius 3 is 2.75 bits per heavy atom.